The van der Waals surface area contributed by atoms with Crippen molar-refractivity contribution in [2.75, 3.05) is 5.32 Å². The fourth-order valence-corrected chi connectivity index (χ4v) is 2.39. The van der Waals surface area contributed by atoms with Crippen molar-refractivity contribution >= 4 is 17.5 Å². The van der Waals surface area contributed by atoms with Crippen molar-refractivity contribution < 1.29 is 19.1 Å². The largest absolute Gasteiger partial charge is 0.393 e. The molecule has 0 spiro atoms. The first-order valence-corrected chi connectivity index (χ1v) is 7.02. The van der Waals surface area contributed by atoms with Gasteiger partial charge < -0.3 is 15.7 Å². The van der Waals surface area contributed by atoms with Crippen LogP contribution in [0.3, 0.4) is 0 Å². The molecule has 0 radical (unpaired) electrons. The Hall–Kier alpha value is -1.95. The van der Waals surface area contributed by atoms with Crippen LogP contribution in [0.25, 0.3) is 0 Å². The van der Waals surface area contributed by atoms with Crippen LogP contribution in [0.2, 0.25) is 0 Å². The minimum atomic E-state index is -0.810. The molecule has 5 nitrogen and oxygen atoms in total. The summed E-state index contributed by atoms with van der Waals surface area (Å²) in [6, 6.07) is 4.21. The number of benzene rings is 1. The van der Waals surface area contributed by atoms with Gasteiger partial charge in [0.2, 0.25) is 0 Å². The number of rotatable bonds is 2. The number of carbonyl (C=O) groups is 2. The number of amides is 2. The first-order valence-electron chi connectivity index (χ1n) is 7.02. The molecular weight excluding hydrogens is 275 g/mol. The normalized spacial score (nSPS) is 21.7. The van der Waals surface area contributed by atoms with Crippen LogP contribution in [0.4, 0.5) is 10.1 Å². The Balaban J connectivity index is 1.91. The average molecular weight is 294 g/mol. The number of nitrogens with one attached hydrogen (secondary N) is 2. The third-order valence-electron chi connectivity index (χ3n) is 3.75. The summed E-state index contributed by atoms with van der Waals surface area (Å²) in [4.78, 5) is 23.6. The fourth-order valence-electron chi connectivity index (χ4n) is 2.39. The zero-order chi connectivity index (χ0) is 15.4. The second-order valence-electron chi connectivity index (χ2n) is 5.35. The molecule has 0 atom stereocenters. The number of carbonyl (C=O) groups excluding carboxylic acids is 2. The fraction of sp³-hybridized carbons (Fsp3) is 0.467. The van der Waals surface area contributed by atoms with Crippen molar-refractivity contribution in [3.05, 3.63) is 29.6 Å². The predicted molar refractivity (Wildman–Crippen MR) is 76.2 cm³/mol. The smallest absolute Gasteiger partial charge is 0.313 e. The van der Waals surface area contributed by atoms with Gasteiger partial charge in [-0.25, -0.2) is 4.39 Å². The molecule has 2 amide bonds. The van der Waals surface area contributed by atoms with Crippen LogP contribution in [0.15, 0.2) is 18.2 Å². The van der Waals surface area contributed by atoms with Gasteiger partial charge in [-0.1, -0.05) is 6.07 Å². The Labute approximate surface area is 122 Å². The highest BCUT2D eigenvalue weighted by molar-refractivity contribution is 6.39. The Morgan fingerprint density at radius 2 is 1.86 bits per heavy atom. The standard InChI is InChI=1S/C15H19FN2O3/c1-9-12(16)3-2-4-13(9)18-15(21)14(20)17-10-5-7-11(19)8-6-10/h2-4,10-11,19H,5-8H2,1H3,(H,17,20)(H,18,21). The van der Waals surface area contributed by atoms with Crippen molar-refractivity contribution in [2.24, 2.45) is 0 Å². The minimum Gasteiger partial charge on any atom is -0.393 e. The summed E-state index contributed by atoms with van der Waals surface area (Å²) in [5.41, 5.74) is 0.577. The predicted octanol–water partition coefficient (Wildman–Crippen LogP) is 1.49. The van der Waals surface area contributed by atoms with E-state index in [1.165, 1.54) is 19.1 Å². The summed E-state index contributed by atoms with van der Waals surface area (Å²) < 4.78 is 13.4. The number of aliphatic hydroxyl groups is 1. The molecule has 1 aliphatic rings. The highest BCUT2D eigenvalue weighted by Crippen LogP contribution is 2.19. The first-order chi connectivity index (χ1) is 9.97. The zero-order valence-electron chi connectivity index (χ0n) is 11.9. The molecule has 1 aromatic carbocycles. The highest BCUT2D eigenvalue weighted by Gasteiger charge is 2.23. The molecule has 1 saturated carbocycles. The number of aliphatic hydroxyl groups excluding tert-OH is 1. The Morgan fingerprint density at radius 1 is 1.19 bits per heavy atom. The first kappa shape index (κ1) is 15.4. The van der Waals surface area contributed by atoms with Crippen molar-refractivity contribution in [3.63, 3.8) is 0 Å². The van der Waals surface area contributed by atoms with Crippen molar-refractivity contribution in [1.29, 1.82) is 0 Å². The lowest BCUT2D eigenvalue weighted by atomic mass is 9.93. The van der Waals surface area contributed by atoms with Gasteiger partial charge >= 0.3 is 11.8 Å². The lowest BCUT2D eigenvalue weighted by Gasteiger charge is -2.25. The summed E-state index contributed by atoms with van der Waals surface area (Å²) >= 11 is 0. The van der Waals surface area contributed by atoms with Crippen LogP contribution < -0.4 is 10.6 Å². The minimum absolute atomic E-state index is 0.0970. The van der Waals surface area contributed by atoms with E-state index >= 15 is 0 Å². The summed E-state index contributed by atoms with van der Waals surface area (Å²) in [6.07, 6.45) is 2.23. The van der Waals surface area contributed by atoms with E-state index in [9.17, 15) is 19.1 Å². The Kier molecular flexibility index (Phi) is 4.90. The zero-order valence-corrected chi connectivity index (χ0v) is 11.9. The maximum absolute atomic E-state index is 13.4. The highest BCUT2D eigenvalue weighted by atomic mass is 19.1. The quantitative estimate of drug-likeness (QED) is 0.723. The summed E-state index contributed by atoms with van der Waals surface area (Å²) in [6.45, 7) is 1.53. The number of halogens is 1. The third-order valence-corrected chi connectivity index (χ3v) is 3.75. The van der Waals surface area contributed by atoms with Crippen LogP contribution in [0.5, 0.6) is 0 Å². The molecule has 1 aliphatic carbocycles. The van der Waals surface area contributed by atoms with Gasteiger partial charge in [0.25, 0.3) is 0 Å². The molecule has 3 N–H and O–H groups in total. The van der Waals surface area contributed by atoms with Crippen LogP contribution in [-0.2, 0) is 9.59 Å². The molecule has 0 saturated heterocycles. The molecule has 2 rings (SSSR count). The molecule has 114 valence electrons. The van der Waals surface area contributed by atoms with E-state index < -0.39 is 17.6 Å². The monoisotopic (exact) mass is 294 g/mol. The van der Waals surface area contributed by atoms with Crippen molar-refractivity contribution in [1.82, 2.24) is 5.32 Å². The molecule has 0 aliphatic heterocycles. The lowest BCUT2D eigenvalue weighted by molar-refractivity contribution is -0.136. The van der Waals surface area contributed by atoms with E-state index in [4.69, 9.17) is 0 Å². The molecular formula is C15H19FN2O3. The average Bonchev–Trinajstić information content (AvgIpc) is 2.46. The number of hydrogen-bond donors (Lipinski definition) is 3. The number of anilines is 1. The Bertz CT molecular complexity index is 540. The topological polar surface area (TPSA) is 78.4 Å². The van der Waals surface area contributed by atoms with Crippen molar-refractivity contribution in [2.45, 2.75) is 44.8 Å². The van der Waals surface area contributed by atoms with Gasteiger partial charge in [-0.05, 0) is 44.7 Å². The molecule has 6 heteroatoms. The molecule has 1 aromatic rings. The van der Waals surface area contributed by atoms with Crippen LogP contribution in [-0.4, -0.2) is 29.1 Å². The van der Waals surface area contributed by atoms with E-state index in [0.29, 0.717) is 31.2 Å². The van der Waals surface area contributed by atoms with Crippen LogP contribution in [0, 0.1) is 12.7 Å². The molecule has 0 unspecified atom stereocenters. The van der Waals surface area contributed by atoms with Crippen LogP contribution in [0.1, 0.15) is 31.2 Å². The van der Waals surface area contributed by atoms with E-state index in [0.717, 1.165) is 0 Å². The molecule has 21 heavy (non-hydrogen) atoms. The van der Waals surface area contributed by atoms with Gasteiger partial charge in [0.05, 0.1) is 6.10 Å². The van der Waals surface area contributed by atoms with Gasteiger partial charge in [-0.2, -0.15) is 0 Å². The van der Waals surface area contributed by atoms with Gasteiger partial charge in [-0.15, -0.1) is 0 Å². The van der Waals surface area contributed by atoms with Gasteiger partial charge in [0.15, 0.2) is 0 Å². The Morgan fingerprint density at radius 3 is 2.52 bits per heavy atom. The van der Waals surface area contributed by atoms with Gasteiger partial charge in [-0.3, -0.25) is 9.59 Å². The second kappa shape index (κ2) is 6.67. The maximum atomic E-state index is 13.4. The van der Waals surface area contributed by atoms with E-state index in [-0.39, 0.29) is 17.8 Å². The maximum Gasteiger partial charge on any atom is 0.313 e. The summed E-state index contributed by atoms with van der Waals surface area (Å²) in [5, 5.41) is 14.4. The molecule has 1 fully saturated rings. The van der Waals surface area contributed by atoms with Gasteiger partial charge in [0.1, 0.15) is 5.82 Å². The van der Waals surface area contributed by atoms with E-state index in [1.807, 2.05) is 0 Å². The second-order valence-corrected chi connectivity index (χ2v) is 5.35. The SMILES string of the molecule is Cc1c(F)cccc1NC(=O)C(=O)NC1CCC(O)CC1. The lowest BCUT2D eigenvalue weighted by Crippen LogP contribution is -2.44. The molecule has 0 aromatic heterocycles. The molecule has 0 heterocycles. The summed E-state index contributed by atoms with van der Waals surface area (Å²) in [7, 11) is 0. The molecule has 0 bridgehead atoms. The van der Waals surface area contributed by atoms with E-state index in [1.54, 1.807) is 6.07 Å². The number of hydrogen-bond acceptors (Lipinski definition) is 3. The third kappa shape index (κ3) is 4.01. The van der Waals surface area contributed by atoms with Crippen LogP contribution >= 0.6 is 0 Å². The van der Waals surface area contributed by atoms with Crippen molar-refractivity contribution in [3.8, 4) is 0 Å². The van der Waals surface area contributed by atoms with Gasteiger partial charge in [0, 0.05) is 17.3 Å². The van der Waals surface area contributed by atoms with E-state index in [2.05, 4.69) is 10.6 Å². The summed E-state index contributed by atoms with van der Waals surface area (Å²) in [5.74, 6) is -1.98.